The number of amides is 2. The molecule has 1 fully saturated rings. The van der Waals surface area contributed by atoms with Crippen molar-refractivity contribution in [2.45, 2.75) is 46.5 Å². The molecule has 184 valence electrons. The smallest absolute Gasteiger partial charge is 0.275 e. The van der Waals surface area contributed by atoms with E-state index in [1.165, 1.54) is 16.9 Å². The van der Waals surface area contributed by atoms with Crippen LogP contribution in [0.1, 0.15) is 56.5 Å². The van der Waals surface area contributed by atoms with E-state index in [9.17, 15) is 14.7 Å². The molecule has 0 atom stereocenters. The van der Waals surface area contributed by atoms with Crippen LogP contribution < -0.4 is 10.1 Å². The quantitative estimate of drug-likeness (QED) is 0.465. The summed E-state index contributed by atoms with van der Waals surface area (Å²) in [7, 11) is 0. The molecular formula is C27H31N3O4S. The molecule has 2 N–H and O–H groups in total. The van der Waals surface area contributed by atoms with Crippen LogP contribution in [-0.2, 0) is 4.79 Å². The number of hydrogen-bond acceptors (Lipinski definition) is 6. The molecule has 1 aromatic heterocycles. The van der Waals surface area contributed by atoms with Crippen molar-refractivity contribution in [3.05, 3.63) is 68.7 Å². The number of aromatic nitrogens is 1. The van der Waals surface area contributed by atoms with Gasteiger partial charge in [-0.25, -0.2) is 4.98 Å². The van der Waals surface area contributed by atoms with Crippen molar-refractivity contribution < 1.29 is 19.4 Å². The highest BCUT2D eigenvalue weighted by Gasteiger charge is 2.26. The molecule has 0 saturated carbocycles. The first-order valence-electron chi connectivity index (χ1n) is 11.8. The molecule has 8 heteroatoms. The minimum absolute atomic E-state index is 0.0135. The Labute approximate surface area is 209 Å². The van der Waals surface area contributed by atoms with E-state index in [0.717, 1.165) is 34.5 Å². The topological polar surface area (TPSA) is 91.8 Å². The number of aromatic hydroxyl groups is 1. The number of piperidine rings is 1. The third kappa shape index (κ3) is 5.65. The zero-order valence-electron chi connectivity index (χ0n) is 20.6. The summed E-state index contributed by atoms with van der Waals surface area (Å²) >= 11 is 1.48. The molecule has 1 aliphatic heterocycles. The molecule has 2 heterocycles. The van der Waals surface area contributed by atoms with E-state index < -0.39 is 0 Å². The Morgan fingerprint density at radius 3 is 2.54 bits per heavy atom. The summed E-state index contributed by atoms with van der Waals surface area (Å²) in [5.74, 6) is 0.863. The number of hydrogen-bond donors (Lipinski definition) is 2. The number of thiazole rings is 1. The Bertz CT molecular complexity index is 1250. The summed E-state index contributed by atoms with van der Waals surface area (Å²) in [6, 6.07) is 9.11. The maximum Gasteiger partial charge on any atom is 0.275 e. The molecule has 0 radical (unpaired) electrons. The van der Waals surface area contributed by atoms with E-state index in [1.807, 2.05) is 50.8 Å². The molecule has 0 bridgehead atoms. The minimum atomic E-state index is -0.267. The lowest BCUT2D eigenvalue weighted by atomic mass is 9.97. The maximum atomic E-state index is 12.7. The molecule has 1 saturated heterocycles. The van der Waals surface area contributed by atoms with Crippen molar-refractivity contribution >= 4 is 28.8 Å². The summed E-state index contributed by atoms with van der Waals surface area (Å²) in [6.07, 6.45) is 1.61. The Morgan fingerprint density at radius 1 is 1.09 bits per heavy atom. The SMILES string of the molecule is Cc1ccc(OCC(=O)N2CCC(c3nc(C(=O)Nc4ccc(O)c(C)c4C)cs3)CC2)cc1C. The summed E-state index contributed by atoms with van der Waals surface area (Å²) in [5.41, 5.74) is 4.94. The van der Waals surface area contributed by atoms with Crippen LogP contribution in [0.3, 0.4) is 0 Å². The van der Waals surface area contributed by atoms with Crippen LogP contribution in [0.2, 0.25) is 0 Å². The number of aryl methyl sites for hydroxylation is 2. The monoisotopic (exact) mass is 493 g/mol. The van der Waals surface area contributed by atoms with E-state index in [2.05, 4.69) is 10.3 Å². The maximum absolute atomic E-state index is 12.7. The Hall–Kier alpha value is -3.39. The standard InChI is InChI=1S/C27H31N3O4S/c1-16-5-6-21(13-17(16)2)34-14-25(32)30-11-9-20(10-12-30)27-29-23(15-35-27)26(33)28-22-7-8-24(31)19(4)18(22)3/h5-8,13,15,20,31H,9-12,14H2,1-4H3,(H,28,33). The molecule has 2 aromatic carbocycles. The first kappa shape index (κ1) is 24.7. The highest BCUT2D eigenvalue weighted by molar-refractivity contribution is 7.10. The number of phenols is 1. The predicted octanol–water partition coefficient (Wildman–Crippen LogP) is 5.12. The van der Waals surface area contributed by atoms with Gasteiger partial charge in [-0.2, -0.15) is 0 Å². The van der Waals surface area contributed by atoms with Crippen LogP contribution in [0.25, 0.3) is 0 Å². The van der Waals surface area contributed by atoms with E-state index in [1.54, 1.807) is 17.5 Å². The van der Waals surface area contributed by atoms with Gasteiger partial charge in [-0.1, -0.05) is 6.07 Å². The van der Waals surface area contributed by atoms with Crippen LogP contribution >= 0.6 is 11.3 Å². The molecule has 0 unspecified atom stereocenters. The lowest BCUT2D eigenvalue weighted by Gasteiger charge is -2.31. The fourth-order valence-electron chi connectivity index (χ4n) is 4.12. The molecule has 7 nitrogen and oxygen atoms in total. The number of nitrogens with zero attached hydrogens (tertiary/aromatic N) is 2. The van der Waals surface area contributed by atoms with Gasteiger partial charge in [0, 0.05) is 30.1 Å². The van der Waals surface area contributed by atoms with Crippen molar-refractivity contribution in [3.63, 3.8) is 0 Å². The van der Waals surface area contributed by atoms with Crippen LogP contribution in [-0.4, -0.2) is 46.5 Å². The second-order valence-electron chi connectivity index (χ2n) is 9.10. The molecule has 3 aromatic rings. The summed E-state index contributed by atoms with van der Waals surface area (Å²) in [4.78, 5) is 31.8. The van der Waals surface area contributed by atoms with Gasteiger partial charge in [0.1, 0.15) is 17.2 Å². The number of likely N-dealkylation sites (tertiary alicyclic amines) is 1. The lowest BCUT2D eigenvalue weighted by Crippen LogP contribution is -2.40. The summed E-state index contributed by atoms with van der Waals surface area (Å²) in [5, 5.41) is 15.4. The third-order valence-corrected chi connectivity index (χ3v) is 7.81. The van der Waals surface area contributed by atoms with E-state index in [0.29, 0.717) is 30.2 Å². The van der Waals surface area contributed by atoms with Gasteiger partial charge in [-0.05, 0) is 87.1 Å². The van der Waals surface area contributed by atoms with Crippen LogP contribution in [0.5, 0.6) is 11.5 Å². The second kappa shape index (κ2) is 10.5. The van der Waals surface area contributed by atoms with Crippen LogP contribution in [0, 0.1) is 27.7 Å². The fraction of sp³-hybridized carbons (Fsp3) is 0.370. The highest BCUT2D eigenvalue weighted by Crippen LogP contribution is 2.31. The molecule has 2 amide bonds. The van der Waals surface area contributed by atoms with Gasteiger partial charge >= 0.3 is 0 Å². The van der Waals surface area contributed by atoms with Crippen molar-refractivity contribution in [1.82, 2.24) is 9.88 Å². The van der Waals surface area contributed by atoms with Crippen LogP contribution in [0.15, 0.2) is 35.7 Å². The number of ether oxygens (including phenoxy) is 1. The van der Waals surface area contributed by atoms with Crippen molar-refractivity contribution in [3.8, 4) is 11.5 Å². The van der Waals surface area contributed by atoms with Crippen molar-refractivity contribution in [2.24, 2.45) is 0 Å². The average molecular weight is 494 g/mol. The van der Waals surface area contributed by atoms with Gasteiger partial charge in [0.2, 0.25) is 0 Å². The minimum Gasteiger partial charge on any atom is -0.508 e. The molecule has 4 rings (SSSR count). The Kier molecular flexibility index (Phi) is 7.40. The van der Waals surface area contributed by atoms with E-state index >= 15 is 0 Å². The zero-order valence-corrected chi connectivity index (χ0v) is 21.4. The number of rotatable bonds is 6. The predicted molar refractivity (Wildman–Crippen MR) is 138 cm³/mol. The van der Waals surface area contributed by atoms with Gasteiger partial charge in [0.25, 0.3) is 11.8 Å². The first-order chi connectivity index (χ1) is 16.7. The van der Waals surface area contributed by atoms with E-state index in [-0.39, 0.29) is 30.1 Å². The molecule has 1 aliphatic rings. The number of anilines is 1. The first-order valence-corrected chi connectivity index (χ1v) is 12.6. The highest BCUT2D eigenvalue weighted by atomic mass is 32.1. The van der Waals surface area contributed by atoms with Gasteiger partial charge in [-0.15, -0.1) is 11.3 Å². The zero-order chi connectivity index (χ0) is 25.1. The number of benzene rings is 2. The molecule has 0 aliphatic carbocycles. The number of nitrogens with one attached hydrogen (secondary N) is 1. The Balaban J connectivity index is 1.29. The largest absolute Gasteiger partial charge is 0.508 e. The summed E-state index contributed by atoms with van der Waals surface area (Å²) in [6.45, 7) is 9.07. The second-order valence-corrected chi connectivity index (χ2v) is 9.99. The third-order valence-electron chi connectivity index (χ3n) is 6.80. The molecular weight excluding hydrogens is 462 g/mol. The van der Waals surface area contributed by atoms with Crippen molar-refractivity contribution in [1.29, 1.82) is 0 Å². The van der Waals surface area contributed by atoms with Crippen LogP contribution in [0.4, 0.5) is 5.69 Å². The fourth-order valence-corrected chi connectivity index (χ4v) is 5.09. The molecule has 35 heavy (non-hydrogen) atoms. The van der Waals surface area contributed by atoms with Crippen molar-refractivity contribution in [2.75, 3.05) is 25.0 Å². The number of phenolic OH excluding ortho intramolecular Hbond substituents is 1. The van der Waals surface area contributed by atoms with Gasteiger partial charge in [0.15, 0.2) is 6.61 Å². The number of carbonyl (C=O) groups is 2. The summed E-state index contributed by atoms with van der Waals surface area (Å²) < 4.78 is 5.71. The van der Waals surface area contributed by atoms with Gasteiger partial charge in [0.05, 0.1) is 5.01 Å². The average Bonchev–Trinajstić information content (AvgIpc) is 3.35. The van der Waals surface area contributed by atoms with Gasteiger partial charge < -0.3 is 20.1 Å². The van der Waals surface area contributed by atoms with E-state index in [4.69, 9.17) is 4.74 Å². The normalized spacial score (nSPS) is 14.1. The number of carbonyl (C=O) groups excluding carboxylic acids is 2. The lowest BCUT2D eigenvalue weighted by molar-refractivity contribution is -0.134. The molecule has 0 spiro atoms. The van der Waals surface area contributed by atoms with Gasteiger partial charge in [-0.3, -0.25) is 9.59 Å². The Morgan fingerprint density at radius 2 is 1.83 bits per heavy atom.